The Kier molecular flexibility index (Phi) is 4.15. The number of nitriles is 1. The van der Waals surface area contributed by atoms with Gasteiger partial charge in [0.25, 0.3) is 0 Å². The van der Waals surface area contributed by atoms with Crippen molar-refractivity contribution in [3.63, 3.8) is 0 Å². The molecule has 0 bridgehead atoms. The van der Waals surface area contributed by atoms with E-state index in [-0.39, 0.29) is 17.3 Å². The number of anilines is 1. The molecule has 20 heavy (non-hydrogen) atoms. The smallest absolute Gasteiger partial charge is 0.312 e. The maximum Gasteiger partial charge on any atom is 0.312 e. The molecule has 0 radical (unpaired) electrons. The topological polar surface area (TPSA) is 109 Å². The Labute approximate surface area is 117 Å². The van der Waals surface area contributed by atoms with E-state index >= 15 is 0 Å². The lowest BCUT2D eigenvalue weighted by molar-refractivity contribution is -0.384. The predicted molar refractivity (Wildman–Crippen MR) is 74.2 cm³/mol. The van der Waals surface area contributed by atoms with E-state index in [1.165, 1.54) is 12.3 Å². The number of pyridine rings is 1. The van der Waals surface area contributed by atoms with Crippen molar-refractivity contribution in [2.45, 2.75) is 25.8 Å². The fourth-order valence-corrected chi connectivity index (χ4v) is 2.52. The lowest BCUT2D eigenvalue weighted by Crippen LogP contribution is -2.40. The van der Waals surface area contributed by atoms with Crippen molar-refractivity contribution in [1.82, 2.24) is 4.98 Å². The third-order valence-electron chi connectivity index (χ3n) is 3.76. The lowest BCUT2D eigenvalue weighted by atomic mass is 9.91. The number of aromatic nitrogens is 1. The summed E-state index contributed by atoms with van der Waals surface area (Å²) in [6, 6.07) is 3.29. The largest absolute Gasteiger partial charge is 0.351 e. The highest BCUT2D eigenvalue weighted by atomic mass is 16.6. The van der Waals surface area contributed by atoms with E-state index in [4.69, 9.17) is 11.0 Å². The summed E-state index contributed by atoms with van der Waals surface area (Å²) in [4.78, 5) is 16.6. The number of nitro groups is 1. The van der Waals surface area contributed by atoms with Crippen LogP contribution in [0.3, 0.4) is 0 Å². The fourth-order valence-electron chi connectivity index (χ4n) is 2.52. The van der Waals surface area contributed by atoms with Crippen LogP contribution in [0.1, 0.15) is 25.3 Å². The third-order valence-corrected chi connectivity index (χ3v) is 3.76. The summed E-state index contributed by atoms with van der Waals surface area (Å²) in [5.41, 5.74) is 5.98. The van der Waals surface area contributed by atoms with Crippen molar-refractivity contribution in [3.8, 4) is 6.07 Å². The van der Waals surface area contributed by atoms with Gasteiger partial charge in [-0.15, -0.1) is 0 Å². The molecular formula is C13H17N5O2. The molecule has 1 aliphatic heterocycles. The van der Waals surface area contributed by atoms with Gasteiger partial charge >= 0.3 is 5.69 Å². The molecule has 1 atom stereocenters. The van der Waals surface area contributed by atoms with Crippen LogP contribution >= 0.6 is 0 Å². The molecule has 0 aliphatic carbocycles. The van der Waals surface area contributed by atoms with Crippen LogP contribution in [0.5, 0.6) is 0 Å². The summed E-state index contributed by atoms with van der Waals surface area (Å²) >= 11 is 0. The van der Waals surface area contributed by atoms with Gasteiger partial charge in [-0.25, -0.2) is 4.98 Å². The Morgan fingerprint density at radius 1 is 1.60 bits per heavy atom. The van der Waals surface area contributed by atoms with Crippen molar-refractivity contribution in [2.24, 2.45) is 11.7 Å². The molecule has 2 N–H and O–H groups in total. The standard InChI is InChI=1S/C13H17N5O2/c1-9(15)11-2-4-17(5-3-11)13-12(18(19)20)6-10(7-14)8-16-13/h6,8-9,11H,2-5,15H2,1H3. The van der Waals surface area contributed by atoms with Crippen LogP contribution < -0.4 is 10.6 Å². The van der Waals surface area contributed by atoms with Gasteiger partial charge in [0.05, 0.1) is 10.5 Å². The number of nitrogens with two attached hydrogens (primary N) is 1. The van der Waals surface area contributed by atoms with E-state index in [9.17, 15) is 10.1 Å². The predicted octanol–water partition coefficient (Wildman–Crippen LogP) is 1.43. The first-order valence-electron chi connectivity index (χ1n) is 6.58. The molecule has 0 spiro atoms. The van der Waals surface area contributed by atoms with Gasteiger partial charge in [0.15, 0.2) is 0 Å². The molecule has 0 aromatic carbocycles. The molecule has 0 amide bonds. The lowest BCUT2D eigenvalue weighted by Gasteiger charge is -2.34. The second kappa shape index (κ2) is 5.84. The minimum absolute atomic E-state index is 0.108. The molecular weight excluding hydrogens is 258 g/mol. The van der Waals surface area contributed by atoms with E-state index in [0.29, 0.717) is 24.8 Å². The van der Waals surface area contributed by atoms with E-state index in [1.54, 1.807) is 0 Å². The van der Waals surface area contributed by atoms with E-state index in [0.717, 1.165) is 12.8 Å². The molecule has 1 aromatic heterocycles. The summed E-state index contributed by atoms with van der Waals surface area (Å²) in [5, 5.41) is 19.9. The second-order valence-electron chi connectivity index (χ2n) is 5.12. The average Bonchev–Trinajstić information content (AvgIpc) is 2.46. The van der Waals surface area contributed by atoms with Crippen LogP contribution in [-0.4, -0.2) is 29.0 Å². The number of rotatable bonds is 3. The summed E-state index contributed by atoms with van der Waals surface area (Å²) in [6.07, 6.45) is 3.17. The van der Waals surface area contributed by atoms with Crippen LogP contribution in [0, 0.1) is 27.4 Å². The fraction of sp³-hybridized carbons (Fsp3) is 0.538. The maximum absolute atomic E-state index is 11.1. The highest BCUT2D eigenvalue weighted by Crippen LogP contribution is 2.30. The SMILES string of the molecule is CC(N)C1CCN(c2ncc(C#N)cc2[N+](=O)[O-])CC1. The van der Waals surface area contributed by atoms with E-state index in [1.807, 2.05) is 17.9 Å². The monoisotopic (exact) mass is 275 g/mol. The van der Waals surface area contributed by atoms with Crippen molar-refractivity contribution in [1.29, 1.82) is 5.26 Å². The molecule has 106 valence electrons. The Hall–Kier alpha value is -2.20. The van der Waals surface area contributed by atoms with Crippen molar-refractivity contribution in [2.75, 3.05) is 18.0 Å². The zero-order valence-corrected chi connectivity index (χ0v) is 11.3. The van der Waals surface area contributed by atoms with Crippen molar-refractivity contribution < 1.29 is 4.92 Å². The molecule has 2 heterocycles. The summed E-state index contributed by atoms with van der Waals surface area (Å²) in [6.45, 7) is 3.39. The van der Waals surface area contributed by atoms with Crippen molar-refractivity contribution in [3.05, 3.63) is 27.9 Å². The van der Waals surface area contributed by atoms with Gasteiger partial charge in [0.2, 0.25) is 5.82 Å². The Balaban J connectivity index is 2.22. The summed E-state index contributed by atoms with van der Waals surface area (Å²) < 4.78 is 0. The van der Waals surface area contributed by atoms with Gasteiger partial charge in [0.1, 0.15) is 6.07 Å². The quantitative estimate of drug-likeness (QED) is 0.660. The zero-order valence-electron chi connectivity index (χ0n) is 11.3. The zero-order chi connectivity index (χ0) is 14.7. The maximum atomic E-state index is 11.1. The summed E-state index contributed by atoms with van der Waals surface area (Å²) in [7, 11) is 0. The molecule has 1 unspecified atom stereocenters. The molecule has 1 aromatic rings. The van der Waals surface area contributed by atoms with Crippen LogP contribution in [0.25, 0.3) is 0 Å². The van der Waals surface area contributed by atoms with Crippen LogP contribution in [0.4, 0.5) is 11.5 Å². The van der Waals surface area contributed by atoms with E-state index < -0.39 is 4.92 Å². The highest BCUT2D eigenvalue weighted by molar-refractivity contribution is 5.60. The average molecular weight is 275 g/mol. The number of nitrogens with zero attached hydrogens (tertiary/aromatic N) is 4. The Bertz CT molecular complexity index is 544. The molecule has 7 heteroatoms. The van der Waals surface area contributed by atoms with Crippen LogP contribution in [0.15, 0.2) is 12.3 Å². The van der Waals surface area contributed by atoms with E-state index in [2.05, 4.69) is 4.98 Å². The summed E-state index contributed by atoms with van der Waals surface area (Å²) in [5.74, 6) is 0.792. The molecule has 1 aliphatic rings. The second-order valence-corrected chi connectivity index (χ2v) is 5.12. The van der Waals surface area contributed by atoms with Gasteiger partial charge in [-0.2, -0.15) is 5.26 Å². The van der Waals surface area contributed by atoms with Gasteiger partial charge in [-0.1, -0.05) is 0 Å². The number of hydrogen-bond acceptors (Lipinski definition) is 6. The number of piperidine rings is 1. The first-order chi connectivity index (χ1) is 9.52. The molecule has 7 nitrogen and oxygen atoms in total. The minimum Gasteiger partial charge on any atom is -0.351 e. The third kappa shape index (κ3) is 2.86. The first kappa shape index (κ1) is 14.2. The normalized spacial score (nSPS) is 17.6. The molecule has 1 saturated heterocycles. The van der Waals surface area contributed by atoms with Crippen LogP contribution in [-0.2, 0) is 0 Å². The highest BCUT2D eigenvalue weighted by Gasteiger charge is 2.27. The first-order valence-corrected chi connectivity index (χ1v) is 6.58. The minimum atomic E-state index is -0.485. The van der Waals surface area contributed by atoms with Gasteiger partial charge in [0, 0.05) is 31.4 Å². The Morgan fingerprint density at radius 3 is 2.75 bits per heavy atom. The van der Waals surface area contributed by atoms with Gasteiger partial charge in [-0.05, 0) is 25.7 Å². The number of hydrogen-bond donors (Lipinski definition) is 1. The molecule has 2 rings (SSSR count). The van der Waals surface area contributed by atoms with Crippen molar-refractivity contribution >= 4 is 11.5 Å². The van der Waals surface area contributed by atoms with Crippen LogP contribution in [0.2, 0.25) is 0 Å². The molecule has 1 fully saturated rings. The molecule has 0 saturated carbocycles. The Morgan fingerprint density at radius 2 is 2.25 bits per heavy atom. The van der Waals surface area contributed by atoms with Gasteiger partial charge in [-0.3, -0.25) is 10.1 Å². The van der Waals surface area contributed by atoms with Gasteiger partial charge < -0.3 is 10.6 Å².